The van der Waals surface area contributed by atoms with Crippen LogP contribution in [0.4, 0.5) is 0 Å². The summed E-state index contributed by atoms with van der Waals surface area (Å²) in [5.41, 5.74) is 9.47. The summed E-state index contributed by atoms with van der Waals surface area (Å²) in [6.07, 6.45) is 12.4. The standard InChI is InChI=1S/C18H27N/c19-14-18(11-6-12-18)17-10-5-9-16(13-17)15-7-3-1-2-4-8-15/h5,9-10,13,15H,1-4,6-8,11-12,14,19H2. The van der Waals surface area contributed by atoms with Gasteiger partial charge < -0.3 is 5.73 Å². The number of rotatable bonds is 3. The molecule has 0 spiro atoms. The fourth-order valence-electron chi connectivity index (χ4n) is 3.95. The molecular formula is C18H27N. The van der Waals surface area contributed by atoms with Gasteiger partial charge in [-0.1, -0.05) is 56.4 Å². The van der Waals surface area contributed by atoms with Crippen LogP contribution >= 0.6 is 0 Å². The lowest BCUT2D eigenvalue weighted by atomic mass is 9.64. The molecule has 0 bridgehead atoms. The molecule has 104 valence electrons. The van der Waals surface area contributed by atoms with Gasteiger partial charge in [0, 0.05) is 12.0 Å². The van der Waals surface area contributed by atoms with Gasteiger partial charge in [0.25, 0.3) is 0 Å². The number of nitrogens with two attached hydrogens (primary N) is 1. The van der Waals surface area contributed by atoms with Crippen LogP contribution in [0.3, 0.4) is 0 Å². The highest BCUT2D eigenvalue weighted by molar-refractivity contribution is 5.34. The van der Waals surface area contributed by atoms with E-state index >= 15 is 0 Å². The van der Waals surface area contributed by atoms with Crippen LogP contribution in [0.15, 0.2) is 24.3 Å². The second kappa shape index (κ2) is 5.66. The second-order valence-electron chi connectivity index (χ2n) is 6.65. The summed E-state index contributed by atoms with van der Waals surface area (Å²) in [4.78, 5) is 0. The maximum Gasteiger partial charge on any atom is 0.00756 e. The Morgan fingerprint density at radius 1 is 1.00 bits per heavy atom. The van der Waals surface area contributed by atoms with Crippen LogP contribution in [-0.2, 0) is 5.41 Å². The van der Waals surface area contributed by atoms with Gasteiger partial charge in [-0.25, -0.2) is 0 Å². The molecule has 2 aliphatic carbocycles. The van der Waals surface area contributed by atoms with Crippen molar-refractivity contribution in [1.29, 1.82) is 0 Å². The van der Waals surface area contributed by atoms with E-state index in [9.17, 15) is 0 Å². The molecule has 0 radical (unpaired) electrons. The predicted octanol–water partition coefficient (Wildman–Crippen LogP) is 4.50. The third-order valence-electron chi connectivity index (χ3n) is 5.53. The van der Waals surface area contributed by atoms with Crippen LogP contribution in [0.2, 0.25) is 0 Å². The van der Waals surface area contributed by atoms with E-state index in [1.807, 2.05) is 0 Å². The number of benzene rings is 1. The highest BCUT2D eigenvalue weighted by atomic mass is 14.6. The quantitative estimate of drug-likeness (QED) is 0.792. The van der Waals surface area contributed by atoms with Gasteiger partial charge in [0.15, 0.2) is 0 Å². The lowest BCUT2D eigenvalue weighted by molar-refractivity contribution is 0.253. The zero-order valence-electron chi connectivity index (χ0n) is 12.0. The molecule has 0 atom stereocenters. The van der Waals surface area contributed by atoms with Crippen LogP contribution < -0.4 is 5.73 Å². The summed E-state index contributed by atoms with van der Waals surface area (Å²) >= 11 is 0. The Morgan fingerprint density at radius 3 is 2.32 bits per heavy atom. The average molecular weight is 257 g/mol. The van der Waals surface area contributed by atoms with E-state index in [0.717, 1.165) is 12.5 Å². The Kier molecular flexibility index (Phi) is 3.93. The number of hydrogen-bond donors (Lipinski definition) is 1. The first-order valence-corrected chi connectivity index (χ1v) is 8.15. The molecule has 1 nitrogen and oxygen atoms in total. The first-order valence-electron chi connectivity index (χ1n) is 8.15. The Balaban J connectivity index is 1.82. The third kappa shape index (κ3) is 2.58. The van der Waals surface area contributed by atoms with Gasteiger partial charge in [0.2, 0.25) is 0 Å². The SMILES string of the molecule is NCC1(c2cccc(C3CCCCCC3)c2)CCC1. The van der Waals surface area contributed by atoms with Crippen LogP contribution in [0.25, 0.3) is 0 Å². The maximum absolute atomic E-state index is 6.05. The molecule has 1 aromatic carbocycles. The Bertz CT molecular complexity index is 406. The molecule has 1 heteroatoms. The van der Waals surface area contributed by atoms with Gasteiger partial charge in [-0.05, 0) is 42.7 Å². The summed E-state index contributed by atoms with van der Waals surface area (Å²) in [6.45, 7) is 0.821. The molecule has 0 aromatic heterocycles. The van der Waals surface area contributed by atoms with E-state index < -0.39 is 0 Å². The molecule has 2 saturated carbocycles. The maximum atomic E-state index is 6.05. The van der Waals surface area contributed by atoms with Crippen LogP contribution in [-0.4, -0.2) is 6.54 Å². The van der Waals surface area contributed by atoms with Gasteiger partial charge in [-0.15, -0.1) is 0 Å². The topological polar surface area (TPSA) is 26.0 Å². The molecule has 3 rings (SSSR count). The molecule has 0 aliphatic heterocycles. The van der Waals surface area contributed by atoms with E-state index in [2.05, 4.69) is 24.3 Å². The molecule has 2 N–H and O–H groups in total. The van der Waals surface area contributed by atoms with Crippen molar-refractivity contribution in [1.82, 2.24) is 0 Å². The van der Waals surface area contributed by atoms with Gasteiger partial charge in [-0.3, -0.25) is 0 Å². The summed E-state index contributed by atoms with van der Waals surface area (Å²) in [7, 11) is 0. The molecule has 0 unspecified atom stereocenters. The summed E-state index contributed by atoms with van der Waals surface area (Å²) < 4.78 is 0. The molecule has 0 amide bonds. The highest BCUT2D eigenvalue weighted by Gasteiger charge is 2.37. The van der Waals surface area contributed by atoms with Crippen molar-refractivity contribution in [2.45, 2.75) is 69.1 Å². The molecule has 19 heavy (non-hydrogen) atoms. The van der Waals surface area contributed by atoms with E-state index in [4.69, 9.17) is 5.73 Å². The Hall–Kier alpha value is -0.820. The highest BCUT2D eigenvalue weighted by Crippen LogP contribution is 2.44. The van der Waals surface area contributed by atoms with Gasteiger partial charge in [-0.2, -0.15) is 0 Å². The lowest BCUT2D eigenvalue weighted by Crippen LogP contribution is -2.41. The van der Waals surface area contributed by atoms with Crippen molar-refractivity contribution in [2.24, 2.45) is 5.73 Å². The molecule has 1 aromatic rings. The zero-order valence-corrected chi connectivity index (χ0v) is 12.0. The normalized spacial score (nSPS) is 23.6. The van der Waals surface area contributed by atoms with Gasteiger partial charge in [0.1, 0.15) is 0 Å². The first-order chi connectivity index (χ1) is 9.34. The summed E-state index contributed by atoms with van der Waals surface area (Å²) in [5, 5.41) is 0. The van der Waals surface area contributed by atoms with Crippen LogP contribution in [0.1, 0.15) is 74.8 Å². The van der Waals surface area contributed by atoms with E-state index in [-0.39, 0.29) is 0 Å². The minimum absolute atomic E-state index is 0.320. The number of hydrogen-bond acceptors (Lipinski definition) is 1. The Morgan fingerprint density at radius 2 is 1.74 bits per heavy atom. The van der Waals surface area contributed by atoms with Crippen molar-refractivity contribution < 1.29 is 0 Å². The van der Waals surface area contributed by atoms with E-state index in [1.54, 1.807) is 5.56 Å². The van der Waals surface area contributed by atoms with Gasteiger partial charge in [0.05, 0.1) is 0 Å². The predicted molar refractivity (Wildman–Crippen MR) is 81.5 cm³/mol. The van der Waals surface area contributed by atoms with Crippen LogP contribution in [0, 0.1) is 0 Å². The van der Waals surface area contributed by atoms with E-state index in [0.29, 0.717) is 5.41 Å². The lowest BCUT2D eigenvalue weighted by Gasteiger charge is -2.42. The summed E-state index contributed by atoms with van der Waals surface area (Å²) in [6, 6.07) is 9.42. The largest absolute Gasteiger partial charge is 0.330 e. The molecule has 0 saturated heterocycles. The fourth-order valence-corrected chi connectivity index (χ4v) is 3.95. The molecular weight excluding hydrogens is 230 g/mol. The van der Waals surface area contributed by atoms with Crippen molar-refractivity contribution in [3.05, 3.63) is 35.4 Å². The zero-order chi connectivity index (χ0) is 13.1. The minimum Gasteiger partial charge on any atom is -0.330 e. The van der Waals surface area contributed by atoms with Crippen LogP contribution in [0.5, 0.6) is 0 Å². The summed E-state index contributed by atoms with van der Waals surface area (Å²) in [5.74, 6) is 0.803. The fraction of sp³-hybridized carbons (Fsp3) is 0.667. The minimum atomic E-state index is 0.320. The second-order valence-corrected chi connectivity index (χ2v) is 6.65. The first kappa shape index (κ1) is 13.2. The van der Waals surface area contributed by atoms with Crippen molar-refractivity contribution in [2.75, 3.05) is 6.54 Å². The molecule has 2 fully saturated rings. The van der Waals surface area contributed by atoms with Crippen molar-refractivity contribution in [3.63, 3.8) is 0 Å². The average Bonchev–Trinajstić information content (AvgIpc) is 2.67. The smallest absolute Gasteiger partial charge is 0.00756 e. The van der Waals surface area contributed by atoms with Gasteiger partial charge >= 0.3 is 0 Å². The van der Waals surface area contributed by atoms with Crippen molar-refractivity contribution in [3.8, 4) is 0 Å². The molecule has 2 aliphatic rings. The Labute approximate surface area is 117 Å². The molecule has 0 heterocycles. The monoisotopic (exact) mass is 257 g/mol. The third-order valence-corrected chi connectivity index (χ3v) is 5.53. The van der Waals surface area contributed by atoms with Crippen molar-refractivity contribution >= 4 is 0 Å². The van der Waals surface area contributed by atoms with E-state index in [1.165, 1.54) is 63.4 Å².